The summed E-state index contributed by atoms with van der Waals surface area (Å²) in [7, 11) is -4.35. The van der Waals surface area contributed by atoms with E-state index < -0.39 is 32.5 Å². The third kappa shape index (κ3) is 23.2. The van der Waals surface area contributed by atoms with Crippen molar-refractivity contribution in [3.8, 4) is 0 Å². The molecule has 0 saturated carbocycles. The predicted octanol–water partition coefficient (Wildman–Crippen LogP) is 5.98. The quantitative estimate of drug-likeness (QED) is 0.0626. The van der Waals surface area contributed by atoms with Crippen LogP contribution in [0.3, 0.4) is 0 Å². The van der Waals surface area contributed by atoms with Crippen LogP contribution in [0.5, 0.6) is 0 Å². The van der Waals surface area contributed by atoms with Crippen LogP contribution in [-0.4, -0.2) is 49.3 Å². The number of allylic oxidation sites excluding steroid dienone is 2. The van der Waals surface area contributed by atoms with Crippen molar-refractivity contribution in [2.24, 2.45) is 5.73 Å². The molecule has 0 aliphatic carbocycles. The topological polar surface area (TPSA) is 134 Å². The molecule has 0 bridgehead atoms. The maximum Gasteiger partial charge on any atom is 0.472 e. The van der Waals surface area contributed by atoms with E-state index in [0.717, 1.165) is 51.4 Å². The van der Waals surface area contributed by atoms with Gasteiger partial charge in [-0.25, -0.2) is 4.57 Å². The first-order chi connectivity index (χ1) is 17.3. The third-order valence-corrected chi connectivity index (χ3v) is 6.48. The SMILES string of the molecule is C/C=C/CCCCCCCC(=O)O[C@@H](COC(=O)CCCCCCCCC)COP(=O)(O)OCCN. The van der Waals surface area contributed by atoms with Crippen molar-refractivity contribution in [3.05, 3.63) is 12.2 Å². The Hall–Kier alpha value is -1.25. The molecule has 10 heteroatoms. The molecule has 2 atom stereocenters. The highest BCUT2D eigenvalue weighted by Gasteiger charge is 2.25. The molecular formula is C26H50NO8P. The van der Waals surface area contributed by atoms with Crippen LogP contribution in [0, 0.1) is 0 Å². The van der Waals surface area contributed by atoms with E-state index in [0.29, 0.717) is 6.42 Å². The van der Waals surface area contributed by atoms with Crippen LogP contribution >= 0.6 is 7.82 Å². The summed E-state index contributed by atoms with van der Waals surface area (Å²) in [5, 5.41) is 0. The number of ether oxygens (including phenoxy) is 2. The first-order valence-corrected chi connectivity index (χ1v) is 15.1. The number of nitrogens with two attached hydrogens (primary N) is 1. The third-order valence-electron chi connectivity index (χ3n) is 5.50. The molecule has 3 N–H and O–H groups in total. The Morgan fingerprint density at radius 1 is 0.861 bits per heavy atom. The van der Waals surface area contributed by atoms with E-state index in [2.05, 4.69) is 13.0 Å². The summed E-state index contributed by atoms with van der Waals surface area (Å²) in [5.41, 5.74) is 5.27. The van der Waals surface area contributed by atoms with E-state index in [1.807, 2.05) is 13.0 Å². The highest BCUT2D eigenvalue weighted by molar-refractivity contribution is 7.47. The fraction of sp³-hybridized carbons (Fsp3) is 0.846. The first kappa shape index (κ1) is 34.8. The summed E-state index contributed by atoms with van der Waals surface area (Å²) in [6.07, 6.45) is 17.2. The minimum absolute atomic E-state index is 0.0534. The highest BCUT2D eigenvalue weighted by Crippen LogP contribution is 2.43. The van der Waals surface area contributed by atoms with Crippen molar-refractivity contribution in [1.29, 1.82) is 0 Å². The lowest BCUT2D eigenvalue weighted by Crippen LogP contribution is -2.29. The average molecular weight is 536 g/mol. The Bertz CT molecular complexity index is 629. The largest absolute Gasteiger partial charge is 0.472 e. The zero-order chi connectivity index (χ0) is 26.9. The van der Waals surface area contributed by atoms with Gasteiger partial charge in [0.25, 0.3) is 0 Å². The Morgan fingerprint density at radius 2 is 1.44 bits per heavy atom. The lowest BCUT2D eigenvalue weighted by Gasteiger charge is -2.19. The summed E-state index contributed by atoms with van der Waals surface area (Å²) in [6, 6.07) is 0. The van der Waals surface area contributed by atoms with E-state index in [-0.39, 0.29) is 32.6 Å². The van der Waals surface area contributed by atoms with Gasteiger partial charge < -0.3 is 20.1 Å². The molecule has 0 rings (SSSR count). The van der Waals surface area contributed by atoms with Gasteiger partial charge in [0.2, 0.25) is 0 Å². The Balaban J connectivity index is 4.42. The number of carbonyl (C=O) groups excluding carboxylic acids is 2. The van der Waals surface area contributed by atoms with Gasteiger partial charge in [0.1, 0.15) is 6.61 Å². The second kappa shape index (κ2) is 24.1. The molecule has 0 fully saturated rings. The molecular weight excluding hydrogens is 485 g/mol. The van der Waals surface area contributed by atoms with Crippen molar-refractivity contribution in [2.45, 2.75) is 116 Å². The highest BCUT2D eigenvalue weighted by atomic mass is 31.2. The van der Waals surface area contributed by atoms with Gasteiger partial charge in [-0.15, -0.1) is 0 Å². The molecule has 0 aliphatic rings. The molecule has 0 aliphatic heterocycles. The van der Waals surface area contributed by atoms with Gasteiger partial charge in [-0.3, -0.25) is 18.6 Å². The number of carbonyl (C=O) groups is 2. The summed E-state index contributed by atoms with van der Waals surface area (Å²) < 4.78 is 32.2. The molecule has 36 heavy (non-hydrogen) atoms. The molecule has 212 valence electrons. The number of esters is 2. The molecule has 0 amide bonds. The number of unbranched alkanes of at least 4 members (excludes halogenated alkanes) is 11. The summed E-state index contributed by atoms with van der Waals surface area (Å²) in [6.45, 7) is 3.40. The van der Waals surface area contributed by atoms with Crippen LogP contribution in [0.2, 0.25) is 0 Å². The Labute approximate surface area is 218 Å². The van der Waals surface area contributed by atoms with Gasteiger partial charge in [0, 0.05) is 19.4 Å². The van der Waals surface area contributed by atoms with Gasteiger partial charge in [0.15, 0.2) is 6.10 Å². The first-order valence-electron chi connectivity index (χ1n) is 13.6. The molecule has 0 heterocycles. The minimum Gasteiger partial charge on any atom is -0.462 e. The van der Waals surface area contributed by atoms with Gasteiger partial charge in [-0.1, -0.05) is 76.9 Å². The maximum absolute atomic E-state index is 12.3. The molecule has 0 aromatic carbocycles. The molecule has 0 aromatic heterocycles. The number of hydrogen-bond donors (Lipinski definition) is 2. The summed E-state index contributed by atoms with van der Waals surface area (Å²) in [4.78, 5) is 34.1. The van der Waals surface area contributed by atoms with Crippen molar-refractivity contribution < 1.29 is 37.6 Å². The Kier molecular flexibility index (Phi) is 23.3. The fourth-order valence-corrected chi connectivity index (χ4v) is 4.22. The zero-order valence-corrected chi connectivity index (χ0v) is 23.4. The molecule has 1 unspecified atom stereocenters. The summed E-state index contributed by atoms with van der Waals surface area (Å²) >= 11 is 0. The number of rotatable bonds is 25. The second-order valence-electron chi connectivity index (χ2n) is 8.93. The molecule has 9 nitrogen and oxygen atoms in total. The standard InChI is InChI=1S/C26H50NO8P/c1-3-5-7-9-11-13-15-17-19-26(29)35-24(23-34-36(30,31)33-21-20-27)22-32-25(28)18-16-14-12-10-8-6-4-2/h3,5,24H,4,6-23,27H2,1-2H3,(H,30,31)/b5-3+/t24-/m0/s1. The maximum atomic E-state index is 12.3. The van der Waals surface area contributed by atoms with Crippen molar-refractivity contribution in [1.82, 2.24) is 0 Å². The van der Waals surface area contributed by atoms with Crippen LogP contribution in [0.15, 0.2) is 12.2 Å². The number of hydrogen-bond acceptors (Lipinski definition) is 8. The fourth-order valence-electron chi connectivity index (χ4n) is 3.46. The lowest BCUT2D eigenvalue weighted by molar-refractivity contribution is -0.161. The smallest absolute Gasteiger partial charge is 0.462 e. The second-order valence-corrected chi connectivity index (χ2v) is 10.4. The minimum atomic E-state index is -4.35. The van der Waals surface area contributed by atoms with Gasteiger partial charge in [-0.2, -0.15) is 0 Å². The van der Waals surface area contributed by atoms with Crippen LogP contribution < -0.4 is 5.73 Å². The van der Waals surface area contributed by atoms with E-state index in [1.165, 1.54) is 25.7 Å². The monoisotopic (exact) mass is 535 g/mol. The normalized spacial score (nSPS) is 14.0. The lowest BCUT2D eigenvalue weighted by atomic mass is 10.1. The predicted molar refractivity (Wildman–Crippen MR) is 141 cm³/mol. The van der Waals surface area contributed by atoms with Crippen molar-refractivity contribution >= 4 is 19.8 Å². The summed E-state index contributed by atoms with van der Waals surface area (Å²) in [5.74, 6) is -0.856. The van der Waals surface area contributed by atoms with E-state index in [9.17, 15) is 19.0 Å². The molecule has 0 radical (unpaired) electrons. The number of phosphoric ester groups is 1. The van der Waals surface area contributed by atoms with E-state index in [4.69, 9.17) is 24.3 Å². The average Bonchev–Trinajstić information content (AvgIpc) is 2.85. The zero-order valence-electron chi connectivity index (χ0n) is 22.5. The van der Waals surface area contributed by atoms with Crippen LogP contribution in [0.25, 0.3) is 0 Å². The van der Waals surface area contributed by atoms with Gasteiger partial charge >= 0.3 is 19.8 Å². The Morgan fingerprint density at radius 3 is 2.06 bits per heavy atom. The van der Waals surface area contributed by atoms with Crippen molar-refractivity contribution in [3.63, 3.8) is 0 Å². The molecule has 0 aromatic rings. The number of phosphoric acid groups is 1. The molecule has 0 saturated heterocycles. The van der Waals surface area contributed by atoms with Crippen molar-refractivity contribution in [2.75, 3.05) is 26.4 Å². The molecule has 0 spiro atoms. The van der Waals surface area contributed by atoms with Gasteiger partial charge in [-0.05, 0) is 32.6 Å². The van der Waals surface area contributed by atoms with E-state index >= 15 is 0 Å². The van der Waals surface area contributed by atoms with Crippen LogP contribution in [0.1, 0.15) is 110 Å². The van der Waals surface area contributed by atoms with Crippen LogP contribution in [-0.2, 0) is 32.7 Å². The van der Waals surface area contributed by atoms with Crippen LogP contribution in [0.4, 0.5) is 0 Å². The van der Waals surface area contributed by atoms with E-state index in [1.54, 1.807) is 0 Å². The van der Waals surface area contributed by atoms with Gasteiger partial charge in [0.05, 0.1) is 13.2 Å².